The Morgan fingerprint density at radius 2 is 2.26 bits per heavy atom. The van der Waals surface area contributed by atoms with Crippen molar-refractivity contribution in [2.75, 3.05) is 0 Å². The topological polar surface area (TPSA) is 61.8 Å². The molecule has 2 rings (SSSR count). The summed E-state index contributed by atoms with van der Waals surface area (Å²) >= 11 is 0. The molecule has 1 fully saturated rings. The van der Waals surface area contributed by atoms with Crippen molar-refractivity contribution in [3.05, 3.63) is 18.2 Å². The Labute approximate surface area is 115 Å². The molecule has 1 heterocycles. The van der Waals surface area contributed by atoms with Gasteiger partial charge in [-0.2, -0.15) is 5.26 Å². The first kappa shape index (κ1) is 14.1. The summed E-state index contributed by atoms with van der Waals surface area (Å²) in [5.74, 6) is 0.661. The molecule has 0 saturated heterocycles. The van der Waals surface area contributed by atoms with Crippen molar-refractivity contribution in [2.45, 2.75) is 58.6 Å². The van der Waals surface area contributed by atoms with Crippen LogP contribution in [0.5, 0.6) is 0 Å². The summed E-state index contributed by atoms with van der Waals surface area (Å²) in [5.41, 5.74) is 0.163. The Kier molecular flexibility index (Phi) is 4.26. The first-order chi connectivity index (χ1) is 9.13. The molecule has 1 N–H and O–H groups in total. The van der Waals surface area contributed by atoms with Crippen molar-refractivity contribution in [3.8, 4) is 6.07 Å². The van der Waals surface area contributed by atoms with Crippen LogP contribution in [0.1, 0.15) is 57.7 Å². The minimum atomic E-state index is -0.723. The highest BCUT2D eigenvalue weighted by molar-refractivity contribution is 5.15. The van der Waals surface area contributed by atoms with Gasteiger partial charge in [0, 0.05) is 6.54 Å². The van der Waals surface area contributed by atoms with Gasteiger partial charge in [0.1, 0.15) is 6.10 Å². The maximum atomic E-state index is 10.7. The molecule has 0 spiro atoms. The van der Waals surface area contributed by atoms with Gasteiger partial charge in [0.2, 0.25) is 0 Å². The fourth-order valence-corrected chi connectivity index (χ4v) is 2.99. The molecule has 1 aromatic heterocycles. The zero-order valence-corrected chi connectivity index (χ0v) is 11.8. The second kappa shape index (κ2) is 5.75. The van der Waals surface area contributed by atoms with Crippen molar-refractivity contribution >= 4 is 0 Å². The average Bonchev–Trinajstić information content (AvgIpc) is 2.88. The lowest BCUT2D eigenvalue weighted by atomic mass is 9.68. The molecule has 0 radical (unpaired) electrons. The monoisotopic (exact) mass is 261 g/mol. The van der Waals surface area contributed by atoms with E-state index in [0.29, 0.717) is 5.92 Å². The average molecular weight is 261 g/mol. The standard InChI is InChI=1S/C15H23N3O/c1-3-8-18-11-17-9-13(18)14(19)15(10-16)6-4-12(2)5-7-15/h9,11-12,14,19H,3-8H2,1-2H3. The van der Waals surface area contributed by atoms with E-state index >= 15 is 0 Å². The summed E-state index contributed by atoms with van der Waals surface area (Å²) in [5, 5.41) is 20.3. The van der Waals surface area contributed by atoms with E-state index in [-0.39, 0.29) is 0 Å². The van der Waals surface area contributed by atoms with Gasteiger partial charge in [-0.3, -0.25) is 0 Å². The minimum absolute atomic E-state index is 0.627. The Morgan fingerprint density at radius 3 is 2.84 bits per heavy atom. The normalized spacial score (nSPS) is 28.8. The molecule has 4 nitrogen and oxygen atoms in total. The summed E-state index contributed by atoms with van der Waals surface area (Å²) in [6.45, 7) is 5.15. The first-order valence-corrected chi connectivity index (χ1v) is 7.22. The van der Waals surface area contributed by atoms with Gasteiger partial charge >= 0.3 is 0 Å². The van der Waals surface area contributed by atoms with Crippen LogP contribution in [0, 0.1) is 22.7 Å². The van der Waals surface area contributed by atoms with Crippen molar-refractivity contribution in [1.29, 1.82) is 5.26 Å². The molecule has 1 unspecified atom stereocenters. The van der Waals surface area contributed by atoms with Gasteiger partial charge in [-0.25, -0.2) is 4.98 Å². The summed E-state index contributed by atoms with van der Waals surface area (Å²) < 4.78 is 1.97. The van der Waals surface area contributed by atoms with Crippen LogP contribution in [0.25, 0.3) is 0 Å². The SMILES string of the molecule is CCCn1cncc1C(O)C1(C#N)CCC(C)CC1. The smallest absolute Gasteiger partial charge is 0.114 e. The number of aliphatic hydroxyl groups is 1. The van der Waals surface area contributed by atoms with E-state index in [0.717, 1.165) is 44.3 Å². The van der Waals surface area contributed by atoms with Crippen molar-refractivity contribution in [1.82, 2.24) is 9.55 Å². The fourth-order valence-electron chi connectivity index (χ4n) is 2.99. The Hall–Kier alpha value is -1.34. The Balaban J connectivity index is 2.23. The maximum Gasteiger partial charge on any atom is 0.114 e. The molecule has 0 bridgehead atoms. The van der Waals surface area contributed by atoms with Crippen LogP contribution < -0.4 is 0 Å². The highest BCUT2D eigenvalue weighted by Crippen LogP contribution is 2.46. The number of hydrogen-bond donors (Lipinski definition) is 1. The van der Waals surface area contributed by atoms with Crippen LogP contribution in [0.15, 0.2) is 12.5 Å². The second-order valence-corrected chi connectivity index (χ2v) is 5.86. The van der Waals surface area contributed by atoms with E-state index in [2.05, 4.69) is 24.9 Å². The van der Waals surface area contributed by atoms with Gasteiger partial charge in [-0.1, -0.05) is 13.8 Å². The molecular formula is C15H23N3O. The number of rotatable bonds is 4. The summed E-state index contributed by atoms with van der Waals surface area (Å²) in [4.78, 5) is 4.13. The lowest BCUT2D eigenvalue weighted by Gasteiger charge is -2.37. The van der Waals surface area contributed by atoms with Gasteiger partial charge in [-0.15, -0.1) is 0 Å². The quantitative estimate of drug-likeness (QED) is 0.906. The van der Waals surface area contributed by atoms with Gasteiger partial charge in [0.25, 0.3) is 0 Å². The van der Waals surface area contributed by atoms with Crippen LogP contribution in [0.2, 0.25) is 0 Å². The second-order valence-electron chi connectivity index (χ2n) is 5.86. The molecule has 1 saturated carbocycles. The Morgan fingerprint density at radius 1 is 1.58 bits per heavy atom. The highest BCUT2D eigenvalue weighted by atomic mass is 16.3. The van der Waals surface area contributed by atoms with E-state index in [1.54, 1.807) is 12.5 Å². The van der Waals surface area contributed by atoms with E-state index in [9.17, 15) is 10.4 Å². The first-order valence-electron chi connectivity index (χ1n) is 7.22. The molecular weight excluding hydrogens is 238 g/mol. The molecule has 4 heteroatoms. The van der Waals surface area contributed by atoms with Gasteiger partial charge < -0.3 is 9.67 Å². The Bertz CT molecular complexity index is 452. The third kappa shape index (κ3) is 2.66. The third-order valence-electron chi connectivity index (χ3n) is 4.40. The van der Waals surface area contributed by atoms with Gasteiger partial charge in [-0.05, 0) is 38.0 Å². The molecule has 1 aliphatic carbocycles. The number of imidazole rings is 1. The summed E-state index contributed by atoms with van der Waals surface area (Å²) in [6.07, 6.45) is 7.33. The molecule has 0 aliphatic heterocycles. The summed E-state index contributed by atoms with van der Waals surface area (Å²) in [6, 6.07) is 2.40. The van der Waals surface area contributed by atoms with E-state index < -0.39 is 11.5 Å². The molecule has 0 amide bonds. The van der Waals surface area contributed by atoms with E-state index in [1.807, 2.05) is 4.57 Å². The van der Waals surface area contributed by atoms with E-state index in [4.69, 9.17) is 0 Å². The number of hydrogen-bond acceptors (Lipinski definition) is 3. The maximum absolute atomic E-state index is 10.7. The summed E-state index contributed by atoms with van der Waals surface area (Å²) in [7, 11) is 0. The number of nitriles is 1. The molecule has 1 aliphatic rings. The number of aryl methyl sites for hydroxylation is 1. The zero-order chi connectivity index (χ0) is 13.9. The molecule has 0 aromatic carbocycles. The molecule has 1 aromatic rings. The minimum Gasteiger partial charge on any atom is -0.385 e. The lowest BCUT2D eigenvalue weighted by Crippen LogP contribution is -2.33. The lowest BCUT2D eigenvalue weighted by molar-refractivity contribution is 0.0211. The van der Waals surface area contributed by atoms with Crippen LogP contribution in [-0.2, 0) is 6.54 Å². The van der Waals surface area contributed by atoms with Crippen molar-refractivity contribution < 1.29 is 5.11 Å². The number of aliphatic hydroxyl groups excluding tert-OH is 1. The van der Waals surface area contributed by atoms with E-state index in [1.165, 1.54) is 0 Å². The molecule has 104 valence electrons. The third-order valence-corrected chi connectivity index (χ3v) is 4.40. The van der Waals surface area contributed by atoms with Gasteiger partial charge in [0.15, 0.2) is 0 Å². The van der Waals surface area contributed by atoms with Crippen molar-refractivity contribution in [2.24, 2.45) is 11.3 Å². The molecule has 1 atom stereocenters. The number of nitrogens with zero attached hydrogens (tertiary/aromatic N) is 3. The van der Waals surface area contributed by atoms with Crippen LogP contribution in [-0.4, -0.2) is 14.7 Å². The van der Waals surface area contributed by atoms with Crippen LogP contribution in [0.3, 0.4) is 0 Å². The van der Waals surface area contributed by atoms with Crippen LogP contribution >= 0.6 is 0 Å². The van der Waals surface area contributed by atoms with Crippen LogP contribution in [0.4, 0.5) is 0 Å². The molecule has 19 heavy (non-hydrogen) atoms. The number of aromatic nitrogens is 2. The predicted molar refractivity (Wildman–Crippen MR) is 73.2 cm³/mol. The van der Waals surface area contributed by atoms with Gasteiger partial charge in [0.05, 0.1) is 29.7 Å². The highest BCUT2D eigenvalue weighted by Gasteiger charge is 2.42. The zero-order valence-electron chi connectivity index (χ0n) is 11.8. The van der Waals surface area contributed by atoms with Crippen molar-refractivity contribution in [3.63, 3.8) is 0 Å². The fraction of sp³-hybridized carbons (Fsp3) is 0.733. The largest absolute Gasteiger partial charge is 0.385 e. The predicted octanol–water partition coefficient (Wildman–Crippen LogP) is 3.05.